The van der Waals surface area contributed by atoms with Crippen molar-refractivity contribution in [2.24, 2.45) is 0 Å². The average molecular weight is 577 g/mol. The molecule has 0 aromatic carbocycles. The zero-order valence-electron chi connectivity index (χ0n) is 27.1. The van der Waals surface area contributed by atoms with E-state index >= 15 is 0 Å². The third kappa shape index (κ3) is 65.3. The van der Waals surface area contributed by atoms with Crippen LogP contribution >= 0.6 is 25.3 Å². The van der Waals surface area contributed by atoms with Crippen LogP contribution in [0.1, 0.15) is 208 Å². The van der Waals surface area contributed by atoms with Crippen molar-refractivity contribution in [3.63, 3.8) is 0 Å². The molecule has 0 atom stereocenters. The summed E-state index contributed by atoms with van der Waals surface area (Å²) in [4.78, 5) is 19.4. The molecule has 0 unspecified atom stereocenters. The van der Waals surface area contributed by atoms with Gasteiger partial charge in [0.25, 0.3) is 0 Å². The van der Waals surface area contributed by atoms with Crippen molar-refractivity contribution in [3.8, 4) is 0 Å². The first-order valence-corrected chi connectivity index (χ1v) is 17.7. The normalized spacial score (nSPS) is 9.89. The Hall–Kier alpha value is 0.0400. The number of rotatable bonds is 24. The predicted octanol–water partition coefficient (Wildman–Crippen LogP) is 13.1. The van der Waals surface area contributed by atoms with Gasteiger partial charge in [0.2, 0.25) is 0 Å². The van der Waals surface area contributed by atoms with Crippen LogP contribution in [-0.4, -0.2) is 10.2 Å². The van der Waals surface area contributed by atoms with Gasteiger partial charge in [-0.25, -0.2) is 0 Å². The van der Waals surface area contributed by atoms with Crippen LogP contribution in [0.4, 0.5) is 0 Å². The number of hydrogen-bond acceptors (Lipinski definition) is 2. The van der Waals surface area contributed by atoms with Crippen molar-refractivity contribution in [1.29, 1.82) is 0 Å². The lowest BCUT2D eigenvalue weighted by molar-refractivity contribution is -0.111. The Bertz CT molecular complexity index is 351. The summed E-state index contributed by atoms with van der Waals surface area (Å²) in [6.07, 6.45) is 35.9. The van der Waals surface area contributed by atoms with Gasteiger partial charge in [0.05, 0.1) is 0 Å². The summed E-state index contributed by atoms with van der Waals surface area (Å²) in [6, 6.07) is 0. The fraction of sp³-hybridized carbons (Fsp3) is 0.941. The molecule has 0 radical (unpaired) electrons. The van der Waals surface area contributed by atoms with E-state index in [1.165, 1.54) is 154 Å². The van der Waals surface area contributed by atoms with Gasteiger partial charge in [-0.3, -0.25) is 9.59 Å². The molecule has 0 N–H and O–H groups in total. The summed E-state index contributed by atoms with van der Waals surface area (Å²) in [5.74, 6) is 0. The minimum atomic E-state index is -0.0509. The molecule has 38 heavy (non-hydrogen) atoms. The van der Waals surface area contributed by atoms with Gasteiger partial charge in [-0.05, 0) is 0 Å². The van der Waals surface area contributed by atoms with E-state index < -0.39 is 0 Å². The van der Waals surface area contributed by atoms with Crippen LogP contribution in [0.15, 0.2) is 0 Å². The van der Waals surface area contributed by atoms with Crippen LogP contribution in [0.2, 0.25) is 0 Å². The smallest absolute Gasteiger partial charge is 0.185 e. The van der Waals surface area contributed by atoms with Crippen LogP contribution in [0.25, 0.3) is 0 Å². The molecule has 0 saturated heterocycles. The molecular formula is C34H72O2S2. The van der Waals surface area contributed by atoms with E-state index in [0.29, 0.717) is 12.8 Å². The molecule has 2 nitrogen and oxygen atoms in total. The minimum Gasteiger partial charge on any atom is -0.288 e. The lowest BCUT2D eigenvalue weighted by atomic mass is 10.1. The van der Waals surface area contributed by atoms with Crippen LogP contribution in [0, 0.1) is 0 Å². The lowest BCUT2D eigenvalue weighted by Crippen LogP contribution is -1.81. The highest BCUT2D eigenvalue weighted by Gasteiger charge is 1.93. The summed E-state index contributed by atoms with van der Waals surface area (Å²) in [5, 5.41) is -0.102. The Balaban J connectivity index is -0.000000225. The maximum Gasteiger partial charge on any atom is 0.185 e. The molecule has 0 saturated carbocycles. The first kappa shape index (κ1) is 45.0. The van der Waals surface area contributed by atoms with Crippen molar-refractivity contribution in [2.45, 2.75) is 208 Å². The molecule has 0 amide bonds. The molecule has 0 spiro atoms. The van der Waals surface area contributed by atoms with Gasteiger partial charge in [-0.1, -0.05) is 196 Å². The highest BCUT2D eigenvalue weighted by Crippen LogP contribution is 2.12. The van der Waals surface area contributed by atoms with Crippen molar-refractivity contribution in [1.82, 2.24) is 0 Å². The lowest BCUT2D eigenvalue weighted by Gasteiger charge is -2.01. The van der Waals surface area contributed by atoms with E-state index in [4.69, 9.17) is 0 Å². The average Bonchev–Trinajstić information content (AvgIpc) is 2.92. The zero-order valence-corrected chi connectivity index (χ0v) is 28.9. The van der Waals surface area contributed by atoms with Crippen molar-refractivity contribution in [3.05, 3.63) is 0 Å². The van der Waals surface area contributed by atoms with E-state index in [1.54, 1.807) is 13.8 Å². The molecule has 0 heterocycles. The van der Waals surface area contributed by atoms with Crippen LogP contribution in [-0.2, 0) is 9.59 Å². The van der Waals surface area contributed by atoms with Crippen molar-refractivity contribution >= 4 is 35.5 Å². The fourth-order valence-electron chi connectivity index (χ4n) is 3.83. The van der Waals surface area contributed by atoms with Gasteiger partial charge in [0, 0.05) is 12.8 Å². The van der Waals surface area contributed by atoms with Crippen LogP contribution in [0.3, 0.4) is 0 Å². The second-order valence-corrected chi connectivity index (χ2v) is 11.6. The Labute approximate surface area is 252 Å². The van der Waals surface area contributed by atoms with E-state index in [-0.39, 0.29) is 10.2 Å². The van der Waals surface area contributed by atoms with Crippen molar-refractivity contribution in [2.75, 3.05) is 0 Å². The third-order valence-electron chi connectivity index (χ3n) is 6.52. The molecule has 232 valence electrons. The molecule has 0 aliphatic heterocycles. The van der Waals surface area contributed by atoms with E-state index in [2.05, 4.69) is 53.0 Å². The van der Waals surface area contributed by atoms with Gasteiger partial charge in [-0.15, -0.1) is 25.3 Å². The van der Waals surface area contributed by atoms with E-state index in [9.17, 15) is 9.59 Å². The van der Waals surface area contributed by atoms with Gasteiger partial charge in [0.1, 0.15) is 0 Å². The maximum atomic E-state index is 9.68. The predicted molar refractivity (Wildman–Crippen MR) is 182 cm³/mol. The molecule has 0 aliphatic rings. The van der Waals surface area contributed by atoms with Crippen LogP contribution in [0.5, 0.6) is 0 Å². The number of hydrogen-bond donors (Lipinski definition) is 2. The van der Waals surface area contributed by atoms with Gasteiger partial charge in [-0.2, -0.15) is 0 Å². The van der Waals surface area contributed by atoms with E-state index in [1.807, 2.05) is 0 Å². The Morgan fingerprint density at radius 3 is 0.500 bits per heavy atom. The SMILES string of the molecule is CCC(=O)S.CCC(=O)S.CCCCCCCCCCCCCC.CCCCCCCCCCCCCC. The second kappa shape index (κ2) is 46.9. The monoisotopic (exact) mass is 576 g/mol. The molecule has 0 aliphatic carbocycles. The van der Waals surface area contributed by atoms with E-state index in [0.717, 1.165) is 0 Å². The standard InChI is InChI=1S/2C14H30.2C3H6OS/c2*1-3-5-7-9-11-13-14-12-10-8-6-4-2;2*1-2-3(4)5/h2*3-14H2,1-2H3;2*2H2,1H3,(H,4,5). The summed E-state index contributed by atoms with van der Waals surface area (Å²) in [7, 11) is 0. The number of thiol groups is 2. The van der Waals surface area contributed by atoms with Crippen molar-refractivity contribution < 1.29 is 9.59 Å². The molecule has 0 fully saturated rings. The van der Waals surface area contributed by atoms with Gasteiger partial charge >= 0.3 is 0 Å². The summed E-state index contributed by atoms with van der Waals surface area (Å²) in [5.41, 5.74) is 0. The molecule has 0 aromatic heterocycles. The fourth-order valence-corrected chi connectivity index (χ4v) is 3.83. The molecular weight excluding hydrogens is 505 g/mol. The quantitative estimate of drug-likeness (QED) is 0.0885. The van der Waals surface area contributed by atoms with Gasteiger partial charge in [0.15, 0.2) is 10.2 Å². The Morgan fingerprint density at radius 2 is 0.421 bits per heavy atom. The zero-order chi connectivity index (χ0) is 29.5. The number of carbonyl (C=O) groups excluding carboxylic acids is 2. The second-order valence-electron chi connectivity index (χ2n) is 10.6. The first-order chi connectivity index (χ1) is 18.4. The third-order valence-corrected chi connectivity index (χ3v) is 7.15. The highest BCUT2D eigenvalue weighted by molar-refractivity contribution is 7.96. The minimum absolute atomic E-state index is 0.0509. The summed E-state index contributed by atoms with van der Waals surface area (Å²) < 4.78 is 0. The molecule has 0 bridgehead atoms. The molecule has 4 heteroatoms. The number of carbonyl (C=O) groups is 2. The van der Waals surface area contributed by atoms with Crippen LogP contribution < -0.4 is 0 Å². The maximum absolute atomic E-state index is 9.68. The molecule has 0 rings (SSSR count). The van der Waals surface area contributed by atoms with Gasteiger partial charge < -0.3 is 0 Å². The Morgan fingerprint density at radius 1 is 0.316 bits per heavy atom. The highest BCUT2D eigenvalue weighted by atomic mass is 32.1. The Kier molecular flexibility index (Phi) is 55.5. The first-order valence-electron chi connectivity index (χ1n) is 16.8. The molecule has 0 aromatic rings. The summed E-state index contributed by atoms with van der Waals surface area (Å²) in [6.45, 7) is 12.7. The largest absolute Gasteiger partial charge is 0.288 e. The summed E-state index contributed by atoms with van der Waals surface area (Å²) >= 11 is 6.92. The number of unbranched alkanes of at least 4 members (excludes halogenated alkanes) is 22. The topological polar surface area (TPSA) is 34.1 Å².